The lowest BCUT2D eigenvalue weighted by Crippen LogP contribution is -2.27. The van der Waals surface area contributed by atoms with Gasteiger partial charge >= 0.3 is 0 Å². The normalized spacial score (nSPS) is 15.9. The van der Waals surface area contributed by atoms with Gasteiger partial charge in [-0.1, -0.05) is 25.1 Å². The molecule has 4 rings (SSSR count). The van der Waals surface area contributed by atoms with Crippen LogP contribution in [-0.2, 0) is 4.79 Å². The first kappa shape index (κ1) is 17.7. The van der Waals surface area contributed by atoms with Crippen LogP contribution in [0.3, 0.4) is 0 Å². The number of amides is 1. The minimum absolute atomic E-state index is 0.0218. The molecule has 27 heavy (non-hydrogen) atoms. The number of likely N-dealkylation sites (tertiary alicyclic amines) is 1. The molecule has 6 nitrogen and oxygen atoms in total. The molecule has 3 aromatic rings. The van der Waals surface area contributed by atoms with Gasteiger partial charge in [0.2, 0.25) is 5.91 Å². The highest BCUT2D eigenvalue weighted by Gasteiger charge is 2.17. The van der Waals surface area contributed by atoms with Crippen molar-refractivity contribution in [3.05, 3.63) is 42.6 Å². The maximum atomic E-state index is 12.3. The zero-order chi connectivity index (χ0) is 18.6. The number of nitrogens with zero attached hydrogens (tertiary/aromatic N) is 3. The van der Waals surface area contributed by atoms with E-state index in [1.165, 1.54) is 12.8 Å². The van der Waals surface area contributed by atoms with Crippen LogP contribution >= 0.6 is 0 Å². The molecular formula is C21H25N5O. The van der Waals surface area contributed by atoms with Gasteiger partial charge in [0.05, 0.1) is 11.2 Å². The third-order valence-corrected chi connectivity index (χ3v) is 5.04. The molecule has 1 atom stereocenters. The maximum Gasteiger partial charge on any atom is 0.225 e. The molecule has 1 aliphatic heterocycles. The van der Waals surface area contributed by atoms with E-state index in [9.17, 15) is 4.79 Å². The highest BCUT2D eigenvalue weighted by Crippen LogP contribution is 2.23. The lowest BCUT2D eigenvalue weighted by Gasteiger charge is -2.19. The van der Waals surface area contributed by atoms with E-state index in [1.807, 2.05) is 36.5 Å². The average molecular weight is 363 g/mol. The topological polar surface area (TPSA) is 73.9 Å². The fraction of sp³-hybridized carbons (Fsp3) is 0.381. The Bertz CT molecular complexity index is 929. The van der Waals surface area contributed by atoms with Gasteiger partial charge < -0.3 is 10.2 Å². The van der Waals surface area contributed by atoms with Gasteiger partial charge in [0.15, 0.2) is 0 Å². The summed E-state index contributed by atoms with van der Waals surface area (Å²) in [6.07, 6.45) is 4.88. The molecule has 0 aliphatic carbocycles. The van der Waals surface area contributed by atoms with E-state index in [0.29, 0.717) is 18.2 Å². The SMILES string of the molecule is CC(CC(=O)Nc1cc(-c2cnc3ccccc3c2)n[nH]1)CN1CCCC1. The van der Waals surface area contributed by atoms with Crippen LogP contribution in [0.2, 0.25) is 0 Å². The standard InChI is InChI=1S/C21H25N5O/c1-15(14-26-8-4-5-9-26)10-21(27)23-20-12-19(24-25-20)17-11-16-6-2-3-7-18(16)22-13-17/h2-3,6-7,11-13,15H,4-5,8-10,14H2,1H3,(H2,23,24,25,27). The molecule has 3 heterocycles. The molecule has 0 saturated carbocycles. The predicted molar refractivity (Wildman–Crippen MR) is 107 cm³/mol. The molecule has 1 aromatic carbocycles. The molecule has 0 bridgehead atoms. The zero-order valence-electron chi connectivity index (χ0n) is 15.6. The van der Waals surface area contributed by atoms with Gasteiger partial charge in [-0.3, -0.25) is 14.9 Å². The van der Waals surface area contributed by atoms with Gasteiger partial charge in [-0.05, 0) is 44.0 Å². The van der Waals surface area contributed by atoms with Gasteiger partial charge in [0, 0.05) is 36.2 Å². The second-order valence-corrected chi connectivity index (χ2v) is 7.45. The van der Waals surface area contributed by atoms with E-state index >= 15 is 0 Å². The van der Waals surface area contributed by atoms with E-state index in [0.717, 1.165) is 41.8 Å². The number of hydrogen-bond acceptors (Lipinski definition) is 4. The van der Waals surface area contributed by atoms with E-state index < -0.39 is 0 Å². The number of H-pyrrole nitrogens is 1. The Hall–Kier alpha value is -2.73. The number of para-hydroxylation sites is 1. The molecule has 140 valence electrons. The maximum absolute atomic E-state index is 12.3. The van der Waals surface area contributed by atoms with Gasteiger partial charge in [0.25, 0.3) is 0 Å². The average Bonchev–Trinajstić information content (AvgIpc) is 3.33. The molecule has 1 fully saturated rings. The Morgan fingerprint density at radius 2 is 2.07 bits per heavy atom. The van der Waals surface area contributed by atoms with Crippen LogP contribution in [0.15, 0.2) is 42.6 Å². The van der Waals surface area contributed by atoms with Crippen molar-refractivity contribution in [3.63, 3.8) is 0 Å². The first-order chi connectivity index (χ1) is 13.2. The van der Waals surface area contributed by atoms with Crippen LogP contribution in [-0.4, -0.2) is 45.6 Å². The summed E-state index contributed by atoms with van der Waals surface area (Å²) in [6, 6.07) is 11.9. The van der Waals surface area contributed by atoms with E-state index in [-0.39, 0.29) is 5.91 Å². The van der Waals surface area contributed by atoms with Crippen LogP contribution < -0.4 is 5.32 Å². The summed E-state index contributed by atoms with van der Waals surface area (Å²) < 4.78 is 0. The second kappa shape index (κ2) is 7.88. The minimum atomic E-state index is 0.0218. The van der Waals surface area contributed by atoms with E-state index in [2.05, 4.69) is 38.4 Å². The van der Waals surface area contributed by atoms with Crippen molar-refractivity contribution in [1.29, 1.82) is 0 Å². The van der Waals surface area contributed by atoms with Crippen molar-refractivity contribution in [2.75, 3.05) is 25.0 Å². The number of carbonyl (C=O) groups is 1. The van der Waals surface area contributed by atoms with Crippen molar-refractivity contribution in [2.45, 2.75) is 26.2 Å². The summed E-state index contributed by atoms with van der Waals surface area (Å²) in [6.45, 7) is 5.45. The van der Waals surface area contributed by atoms with Crippen molar-refractivity contribution >= 4 is 22.6 Å². The van der Waals surface area contributed by atoms with Crippen molar-refractivity contribution in [2.24, 2.45) is 5.92 Å². The first-order valence-corrected chi connectivity index (χ1v) is 9.60. The summed E-state index contributed by atoms with van der Waals surface area (Å²) in [5.74, 6) is 0.986. The zero-order valence-corrected chi connectivity index (χ0v) is 15.6. The number of carbonyl (C=O) groups excluding carboxylic acids is 1. The summed E-state index contributed by atoms with van der Waals surface area (Å²) in [4.78, 5) is 19.2. The Balaban J connectivity index is 1.37. The Kier molecular flexibility index (Phi) is 5.16. The second-order valence-electron chi connectivity index (χ2n) is 7.45. The summed E-state index contributed by atoms with van der Waals surface area (Å²) in [5, 5.41) is 11.2. The number of aromatic amines is 1. The van der Waals surface area contributed by atoms with Crippen molar-refractivity contribution in [1.82, 2.24) is 20.1 Å². The molecule has 0 radical (unpaired) electrons. The molecule has 2 aromatic heterocycles. The quantitative estimate of drug-likeness (QED) is 0.700. The molecule has 0 spiro atoms. The molecule has 2 N–H and O–H groups in total. The molecular weight excluding hydrogens is 338 g/mol. The Morgan fingerprint density at radius 1 is 1.26 bits per heavy atom. The highest BCUT2D eigenvalue weighted by molar-refractivity contribution is 5.90. The monoisotopic (exact) mass is 363 g/mol. The van der Waals surface area contributed by atoms with Crippen molar-refractivity contribution < 1.29 is 4.79 Å². The van der Waals surface area contributed by atoms with Gasteiger partial charge in [-0.25, -0.2) is 0 Å². The molecule has 6 heteroatoms. The Labute approximate surface area is 159 Å². The number of aromatic nitrogens is 3. The largest absolute Gasteiger partial charge is 0.311 e. The fourth-order valence-electron chi connectivity index (χ4n) is 3.73. The number of rotatable bonds is 6. The fourth-order valence-corrected chi connectivity index (χ4v) is 3.73. The smallest absolute Gasteiger partial charge is 0.225 e. The number of fused-ring (bicyclic) bond motifs is 1. The van der Waals surface area contributed by atoms with E-state index in [1.54, 1.807) is 0 Å². The van der Waals surface area contributed by atoms with Gasteiger partial charge in [0.1, 0.15) is 5.82 Å². The van der Waals surface area contributed by atoms with Gasteiger partial charge in [-0.2, -0.15) is 5.10 Å². The van der Waals surface area contributed by atoms with Crippen LogP contribution in [0, 0.1) is 5.92 Å². The number of anilines is 1. The lowest BCUT2D eigenvalue weighted by molar-refractivity contribution is -0.117. The predicted octanol–water partition coefficient (Wildman–Crippen LogP) is 3.69. The molecule has 1 amide bonds. The summed E-state index contributed by atoms with van der Waals surface area (Å²) >= 11 is 0. The number of pyridine rings is 1. The van der Waals surface area contributed by atoms with Crippen LogP contribution in [0.25, 0.3) is 22.2 Å². The highest BCUT2D eigenvalue weighted by atomic mass is 16.1. The Morgan fingerprint density at radius 3 is 2.93 bits per heavy atom. The minimum Gasteiger partial charge on any atom is -0.311 e. The van der Waals surface area contributed by atoms with Crippen LogP contribution in [0.1, 0.15) is 26.2 Å². The molecule has 1 saturated heterocycles. The van der Waals surface area contributed by atoms with E-state index in [4.69, 9.17) is 0 Å². The third-order valence-electron chi connectivity index (χ3n) is 5.04. The number of benzene rings is 1. The molecule has 1 aliphatic rings. The lowest BCUT2D eigenvalue weighted by atomic mass is 10.1. The van der Waals surface area contributed by atoms with Crippen molar-refractivity contribution in [3.8, 4) is 11.3 Å². The summed E-state index contributed by atoms with van der Waals surface area (Å²) in [5.41, 5.74) is 2.65. The summed E-state index contributed by atoms with van der Waals surface area (Å²) in [7, 11) is 0. The van der Waals surface area contributed by atoms with Crippen LogP contribution in [0.5, 0.6) is 0 Å². The third kappa shape index (κ3) is 4.34. The van der Waals surface area contributed by atoms with Gasteiger partial charge in [-0.15, -0.1) is 0 Å². The molecule has 1 unspecified atom stereocenters. The first-order valence-electron chi connectivity index (χ1n) is 9.60. The van der Waals surface area contributed by atoms with Crippen LogP contribution in [0.4, 0.5) is 5.82 Å². The number of nitrogens with one attached hydrogen (secondary N) is 2. The number of hydrogen-bond donors (Lipinski definition) is 2.